The number of hydrogen-bond donors (Lipinski definition) is 1. The maximum atomic E-state index is 13.2. The summed E-state index contributed by atoms with van der Waals surface area (Å²) in [5.74, 6) is -5.49. The lowest BCUT2D eigenvalue weighted by Gasteiger charge is -2.29. The number of nitrogens with one attached hydrogen (secondary N) is 1. The fourth-order valence-electron chi connectivity index (χ4n) is 3.33. The molecule has 2 aromatic carbocycles. The second-order valence-electron chi connectivity index (χ2n) is 6.63. The molecule has 0 saturated heterocycles. The number of non-ortho nitro benzene ring substituents is 1. The molecule has 1 amide bonds. The zero-order chi connectivity index (χ0) is 21.3. The van der Waals surface area contributed by atoms with Crippen LogP contribution in [-0.2, 0) is 19.1 Å². The van der Waals surface area contributed by atoms with Crippen LogP contribution in [0.25, 0.3) is 0 Å². The summed E-state index contributed by atoms with van der Waals surface area (Å²) in [6.45, 7) is 3.62. The standard InChI is InChI=1S/C20H18N2O7/c1-10-5-4-6-11(2)17(10)21-18(23)15-13-8-7-12(22(26)27)9-14(13)29-20(25)16(15)19(24)28-3/h4-9,15-16H,1-3H3,(H,21,23)/t15-,16+/m1/s1. The van der Waals surface area contributed by atoms with Crippen molar-refractivity contribution in [1.29, 1.82) is 0 Å². The minimum absolute atomic E-state index is 0.133. The Kier molecular flexibility index (Phi) is 5.31. The van der Waals surface area contributed by atoms with E-state index in [-0.39, 0.29) is 17.0 Å². The molecule has 0 fully saturated rings. The Morgan fingerprint density at radius 1 is 1.14 bits per heavy atom. The van der Waals surface area contributed by atoms with E-state index in [1.165, 1.54) is 12.1 Å². The molecule has 9 nitrogen and oxygen atoms in total. The van der Waals surface area contributed by atoms with Crippen LogP contribution in [0.2, 0.25) is 0 Å². The molecular weight excluding hydrogens is 380 g/mol. The Morgan fingerprint density at radius 2 is 1.79 bits per heavy atom. The lowest BCUT2D eigenvalue weighted by atomic mass is 9.82. The third kappa shape index (κ3) is 3.66. The van der Waals surface area contributed by atoms with Crippen molar-refractivity contribution < 1.29 is 28.8 Å². The first kappa shape index (κ1) is 20.0. The summed E-state index contributed by atoms with van der Waals surface area (Å²) in [7, 11) is 1.10. The van der Waals surface area contributed by atoms with Gasteiger partial charge in [0.05, 0.1) is 24.0 Å². The Morgan fingerprint density at radius 3 is 2.38 bits per heavy atom. The number of para-hydroxylation sites is 1. The van der Waals surface area contributed by atoms with Crippen molar-refractivity contribution in [3.05, 3.63) is 63.2 Å². The number of esters is 2. The number of ether oxygens (including phenoxy) is 2. The molecule has 1 heterocycles. The number of carbonyl (C=O) groups is 3. The van der Waals surface area contributed by atoms with Gasteiger partial charge >= 0.3 is 11.9 Å². The van der Waals surface area contributed by atoms with Crippen molar-refractivity contribution in [2.45, 2.75) is 19.8 Å². The van der Waals surface area contributed by atoms with Crippen molar-refractivity contribution in [3.8, 4) is 5.75 Å². The molecule has 0 aromatic heterocycles. The number of nitro groups is 1. The summed E-state index contributed by atoms with van der Waals surface area (Å²) in [5, 5.41) is 13.8. The van der Waals surface area contributed by atoms with Crippen LogP contribution >= 0.6 is 0 Å². The van der Waals surface area contributed by atoms with Gasteiger partial charge in [0.1, 0.15) is 5.75 Å². The first-order valence-corrected chi connectivity index (χ1v) is 8.69. The molecule has 0 radical (unpaired) electrons. The molecule has 1 N–H and O–H groups in total. The number of carbonyl (C=O) groups excluding carboxylic acids is 3. The Hall–Kier alpha value is -3.75. The predicted molar refractivity (Wildman–Crippen MR) is 102 cm³/mol. The topological polar surface area (TPSA) is 125 Å². The van der Waals surface area contributed by atoms with Gasteiger partial charge in [-0.05, 0) is 31.0 Å². The summed E-state index contributed by atoms with van der Waals surface area (Å²) in [5.41, 5.74) is 2.05. The van der Waals surface area contributed by atoms with Crippen molar-refractivity contribution in [2.75, 3.05) is 12.4 Å². The maximum absolute atomic E-state index is 13.2. The van der Waals surface area contributed by atoms with Gasteiger partial charge in [0, 0.05) is 17.3 Å². The number of hydrogen-bond acceptors (Lipinski definition) is 7. The number of aryl methyl sites for hydroxylation is 2. The quantitative estimate of drug-likeness (QED) is 0.276. The lowest BCUT2D eigenvalue weighted by molar-refractivity contribution is -0.384. The van der Waals surface area contributed by atoms with Crippen LogP contribution in [0.1, 0.15) is 22.6 Å². The van der Waals surface area contributed by atoms with E-state index in [9.17, 15) is 24.5 Å². The van der Waals surface area contributed by atoms with E-state index in [0.717, 1.165) is 24.3 Å². The van der Waals surface area contributed by atoms with E-state index in [4.69, 9.17) is 4.74 Å². The third-order valence-electron chi connectivity index (χ3n) is 4.81. The predicted octanol–water partition coefficient (Wildman–Crippen LogP) is 2.64. The van der Waals surface area contributed by atoms with Crippen LogP contribution < -0.4 is 10.1 Å². The summed E-state index contributed by atoms with van der Waals surface area (Å²) in [4.78, 5) is 48.3. The van der Waals surface area contributed by atoms with E-state index in [2.05, 4.69) is 10.1 Å². The van der Waals surface area contributed by atoms with Gasteiger partial charge in [0.25, 0.3) is 5.69 Å². The zero-order valence-electron chi connectivity index (χ0n) is 15.9. The molecule has 29 heavy (non-hydrogen) atoms. The molecule has 9 heteroatoms. The van der Waals surface area contributed by atoms with Gasteiger partial charge in [-0.2, -0.15) is 0 Å². The summed E-state index contributed by atoms with van der Waals surface area (Å²) in [6, 6.07) is 9.01. The summed E-state index contributed by atoms with van der Waals surface area (Å²) < 4.78 is 9.80. The zero-order valence-corrected chi connectivity index (χ0v) is 15.9. The number of rotatable bonds is 4. The largest absolute Gasteiger partial charge is 0.468 e. The van der Waals surface area contributed by atoms with Gasteiger partial charge in [0.2, 0.25) is 5.91 Å². The van der Waals surface area contributed by atoms with Crippen molar-refractivity contribution in [3.63, 3.8) is 0 Å². The molecule has 0 bridgehead atoms. The molecule has 1 aliphatic heterocycles. The van der Waals surface area contributed by atoms with E-state index in [1.807, 2.05) is 32.0 Å². The molecule has 0 aliphatic carbocycles. The molecule has 150 valence electrons. The van der Waals surface area contributed by atoms with Crippen LogP contribution in [0.3, 0.4) is 0 Å². The minimum atomic E-state index is -1.53. The van der Waals surface area contributed by atoms with Crippen molar-refractivity contribution in [1.82, 2.24) is 0 Å². The lowest BCUT2D eigenvalue weighted by Crippen LogP contribution is -2.43. The normalized spacial score (nSPS) is 17.7. The number of nitrogens with zero attached hydrogens (tertiary/aromatic N) is 1. The highest BCUT2D eigenvalue weighted by Gasteiger charge is 2.47. The molecule has 0 spiro atoms. The van der Waals surface area contributed by atoms with Gasteiger partial charge in [-0.3, -0.25) is 24.5 Å². The van der Waals surface area contributed by atoms with E-state index in [0.29, 0.717) is 5.69 Å². The third-order valence-corrected chi connectivity index (χ3v) is 4.81. The van der Waals surface area contributed by atoms with Crippen LogP contribution in [0.15, 0.2) is 36.4 Å². The van der Waals surface area contributed by atoms with E-state index in [1.54, 1.807) is 0 Å². The SMILES string of the molecule is COC(=O)[C@H]1C(=O)Oc2cc([N+](=O)[O-])ccc2[C@H]1C(=O)Nc1c(C)cccc1C. The Balaban J connectivity index is 2.09. The molecule has 0 saturated carbocycles. The fraction of sp³-hybridized carbons (Fsp3) is 0.250. The average molecular weight is 398 g/mol. The molecule has 3 rings (SSSR count). The van der Waals surface area contributed by atoms with Crippen molar-refractivity contribution in [2.24, 2.45) is 5.92 Å². The van der Waals surface area contributed by atoms with Crippen molar-refractivity contribution >= 4 is 29.2 Å². The second kappa shape index (κ2) is 7.70. The number of anilines is 1. The van der Waals surface area contributed by atoms with E-state index < -0.39 is 34.6 Å². The highest BCUT2D eigenvalue weighted by Crippen LogP contribution is 2.41. The van der Waals surface area contributed by atoms with Crippen LogP contribution in [0.4, 0.5) is 11.4 Å². The highest BCUT2D eigenvalue weighted by atomic mass is 16.6. The van der Waals surface area contributed by atoms with Gasteiger partial charge in [-0.1, -0.05) is 18.2 Å². The highest BCUT2D eigenvalue weighted by molar-refractivity contribution is 6.08. The number of methoxy groups -OCH3 is 1. The summed E-state index contributed by atoms with van der Waals surface area (Å²) in [6.07, 6.45) is 0. The van der Waals surface area contributed by atoms with Gasteiger partial charge in [-0.25, -0.2) is 0 Å². The number of benzene rings is 2. The number of fused-ring (bicyclic) bond motifs is 1. The minimum Gasteiger partial charge on any atom is -0.468 e. The Labute approximate surface area is 165 Å². The number of nitro benzene ring substituents is 1. The van der Waals surface area contributed by atoms with Gasteiger partial charge in [0.15, 0.2) is 5.92 Å². The second-order valence-corrected chi connectivity index (χ2v) is 6.63. The first-order valence-electron chi connectivity index (χ1n) is 8.69. The average Bonchev–Trinajstić information content (AvgIpc) is 2.68. The number of amides is 1. The van der Waals surface area contributed by atoms with Gasteiger partial charge in [-0.15, -0.1) is 0 Å². The molecule has 2 atom stereocenters. The molecule has 1 aliphatic rings. The molecule has 0 unspecified atom stereocenters. The van der Waals surface area contributed by atoms with Crippen LogP contribution in [-0.4, -0.2) is 29.9 Å². The first-order chi connectivity index (χ1) is 13.7. The Bertz CT molecular complexity index is 1010. The molecule has 2 aromatic rings. The van der Waals surface area contributed by atoms with Crippen LogP contribution in [0.5, 0.6) is 5.75 Å². The molecular formula is C20H18N2O7. The van der Waals surface area contributed by atoms with E-state index >= 15 is 0 Å². The smallest absolute Gasteiger partial charge is 0.326 e. The van der Waals surface area contributed by atoms with Gasteiger partial charge < -0.3 is 14.8 Å². The monoisotopic (exact) mass is 398 g/mol. The summed E-state index contributed by atoms with van der Waals surface area (Å²) >= 11 is 0. The van der Waals surface area contributed by atoms with Crippen LogP contribution in [0, 0.1) is 29.9 Å². The maximum Gasteiger partial charge on any atom is 0.326 e. The fourth-order valence-corrected chi connectivity index (χ4v) is 3.33.